The lowest BCUT2D eigenvalue weighted by Gasteiger charge is -2.34. The maximum atomic E-state index is 12.7. The number of aliphatic carboxylic acids is 1. The van der Waals surface area contributed by atoms with Crippen LogP contribution in [0.1, 0.15) is 162 Å². The number of carboxylic acids is 1. The standard InChI is InChI=1S/C50H83NO7/c1-6-8-10-12-14-16-18-20-22-23-24-25-27-28-30-32-34-36-38-40-48(52)57-45-46(44-56-43-42-47(50(54)55)51(3,4)5)58-49(53)41-39-37-35-33-31-29-26-21-19-17-15-13-11-9-7-2/h9,11,14-17,20-22,26,31,33,37,39,46-47H,6-8,10,12-13,18-19,23-25,27-30,32,34-36,38,40-45H2,1-5H3/b11-9-,16-14-,17-15-,22-20-,26-21-,33-31-,39-37-. The molecule has 0 amide bonds. The van der Waals surface area contributed by atoms with E-state index in [0.717, 1.165) is 51.4 Å². The highest BCUT2D eigenvalue weighted by atomic mass is 16.6. The third-order valence-electron chi connectivity index (χ3n) is 9.55. The number of rotatable bonds is 39. The molecule has 0 aliphatic heterocycles. The van der Waals surface area contributed by atoms with Crippen molar-refractivity contribution < 1.29 is 38.2 Å². The molecule has 0 rings (SSSR count). The Labute approximate surface area is 354 Å². The van der Waals surface area contributed by atoms with Gasteiger partial charge in [-0.25, -0.2) is 0 Å². The topological polar surface area (TPSA) is 102 Å². The smallest absolute Gasteiger partial charge is 0.310 e. The van der Waals surface area contributed by atoms with Crippen molar-refractivity contribution in [3.63, 3.8) is 0 Å². The van der Waals surface area contributed by atoms with Crippen molar-refractivity contribution in [1.82, 2.24) is 0 Å². The second kappa shape index (κ2) is 40.3. The minimum atomic E-state index is -1.14. The van der Waals surface area contributed by atoms with Gasteiger partial charge in [-0.05, 0) is 70.6 Å². The molecule has 8 nitrogen and oxygen atoms in total. The van der Waals surface area contributed by atoms with Crippen LogP contribution in [0.4, 0.5) is 0 Å². The molecule has 0 saturated heterocycles. The van der Waals surface area contributed by atoms with E-state index in [-0.39, 0.29) is 43.1 Å². The van der Waals surface area contributed by atoms with Crippen molar-refractivity contribution in [3.05, 3.63) is 85.1 Å². The van der Waals surface area contributed by atoms with Crippen LogP contribution in [0, 0.1) is 0 Å². The molecule has 0 saturated carbocycles. The van der Waals surface area contributed by atoms with Crippen molar-refractivity contribution in [1.29, 1.82) is 0 Å². The highest BCUT2D eigenvalue weighted by Gasteiger charge is 2.25. The van der Waals surface area contributed by atoms with Crippen LogP contribution in [0.5, 0.6) is 0 Å². The number of carbonyl (C=O) groups excluding carboxylic acids is 3. The van der Waals surface area contributed by atoms with Crippen LogP contribution >= 0.6 is 0 Å². The Hall–Kier alpha value is -3.49. The van der Waals surface area contributed by atoms with Crippen molar-refractivity contribution in [2.24, 2.45) is 0 Å². The number of carboxylic acid groups (broad SMARTS) is 1. The predicted octanol–water partition coefficient (Wildman–Crippen LogP) is 11.2. The van der Waals surface area contributed by atoms with Gasteiger partial charge in [0.15, 0.2) is 6.10 Å². The molecule has 0 radical (unpaired) electrons. The molecule has 0 aliphatic carbocycles. The van der Waals surface area contributed by atoms with Gasteiger partial charge < -0.3 is 28.6 Å². The number of hydrogen-bond donors (Lipinski definition) is 0. The molecule has 0 N–H and O–H groups in total. The Balaban J connectivity index is 4.44. The van der Waals surface area contributed by atoms with Crippen LogP contribution < -0.4 is 5.11 Å². The summed E-state index contributed by atoms with van der Waals surface area (Å²) in [5.41, 5.74) is 0. The Morgan fingerprint density at radius 3 is 1.52 bits per heavy atom. The molecular formula is C50H83NO7. The van der Waals surface area contributed by atoms with Gasteiger partial charge in [0.25, 0.3) is 0 Å². The summed E-state index contributed by atoms with van der Waals surface area (Å²) in [6.45, 7) is 4.40. The number of esters is 2. The summed E-state index contributed by atoms with van der Waals surface area (Å²) >= 11 is 0. The molecule has 330 valence electrons. The summed E-state index contributed by atoms with van der Waals surface area (Å²) in [7, 11) is 5.37. The Kier molecular flexibility index (Phi) is 37.9. The van der Waals surface area contributed by atoms with E-state index in [4.69, 9.17) is 14.2 Å². The number of unbranched alkanes of at least 4 members (excludes halogenated alkanes) is 12. The van der Waals surface area contributed by atoms with Crippen LogP contribution in [-0.2, 0) is 28.6 Å². The lowest BCUT2D eigenvalue weighted by molar-refractivity contribution is -0.889. The fraction of sp³-hybridized carbons (Fsp3) is 0.660. The average molecular weight is 810 g/mol. The van der Waals surface area contributed by atoms with E-state index >= 15 is 0 Å². The van der Waals surface area contributed by atoms with Gasteiger partial charge in [0.1, 0.15) is 12.6 Å². The van der Waals surface area contributed by atoms with Crippen LogP contribution in [0.3, 0.4) is 0 Å². The van der Waals surface area contributed by atoms with Gasteiger partial charge in [0.05, 0.1) is 46.7 Å². The number of ether oxygens (including phenoxy) is 3. The molecule has 0 fully saturated rings. The summed E-state index contributed by atoms with van der Waals surface area (Å²) in [5, 5.41) is 11.6. The van der Waals surface area contributed by atoms with E-state index in [1.165, 1.54) is 70.6 Å². The molecule has 0 aliphatic rings. The summed E-state index contributed by atoms with van der Waals surface area (Å²) in [6.07, 6.45) is 52.1. The van der Waals surface area contributed by atoms with Crippen LogP contribution in [0.15, 0.2) is 85.1 Å². The minimum Gasteiger partial charge on any atom is -0.544 e. The number of hydrogen-bond acceptors (Lipinski definition) is 7. The zero-order chi connectivity index (χ0) is 42.8. The lowest BCUT2D eigenvalue weighted by atomic mass is 10.1. The van der Waals surface area contributed by atoms with Crippen molar-refractivity contribution in [2.75, 3.05) is 41.0 Å². The maximum Gasteiger partial charge on any atom is 0.310 e. The molecule has 58 heavy (non-hydrogen) atoms. The van der Waals surface area contributed by atoms with Crippen molar-refractivity contribution >= 4 is 17.9 Å². The average Bonchev–Trinajstić information content (AvgIpc) is 3.18. The number of quaternary nitrogens is 1. The summed E-state index contributed by atoms with van der Waals surface area (Å²) in [4.78, 5) is 36.8. The largest absolute Gasteiger partial charge is 0.544 e. The van der Waals surface area contributed by atoms with Crippen LogP contribution in [0.2, 0.25) is 0 Å². The first kappa shape index (κ1) is 54.5. The Morgan fingerprint density at radius 2 is 1.02 bits per heavy atom. The summed E-state index contributed by atoms with van der Waals surface area (Å²) in [6, 6.07) is -0.746. The third-order valence-corrected chi connectivity index (χ3v) is 9.55. The number of likely N-dealkylation sites (N-methyl/N-ethyl adjacent to an activating group) is 1. The number of carbonyl (C=O) groups is 3. The zero-order valence-electron chi connectivity index (χ0n) is 37.4. The highest BCUT2D eigenvalue weighted by molar-refractivity contribution is 5.71. The van der Waals surface area contributed by atoms with Crippen LogP contribution in [-0.4, -0.2) is 75.5 Å². The van der Waals surface area contributed by atoms with Gasteiger partial charge in [-0.15, -0.1) is 0 Å². The highest BCUT2D eigenvalue weighted by Crippen LogP contribution is 2.13. The van der Waals surface area contributed by atoms with E-state index < -0.39 is 24.1 Å². The first-order valence-corrected chi connectivity index (χ1v) is 22.6. The van der Waals surface area contributed by atoms with Crippen LogP contribution in [0.25, 0.3) is 0 Å². The Bertz CT molecular complexity index is 1220. The van der Waals surface area contributed by atoms with E-state index in [1.54, 1.807) is 27.2 Å². The maximum absolute atomic E-state index is 12.7. The SMILES string of the molecule is CC/C=C\C/C=C\C/C=C\C/C=C\C/C=C\CC(=O)OC(COCCC(C(=O)[O-])[N+](C)(C)C)COC(=O)CCCCCCCCCCC/C=C\C/C=C\CCCCC. The summed E-state index contributed by atoms with van der Waals surface area (Å²) < 4.78 is 17.0. The molecule has 8 heteroatoms. The van der Waals surface area contributed by atoms with Gasteiger partial charge in [0.2, 0.25) is 0 Å². The van der Waals surface area contributed by atoms with E-state index in [1.807, 2.05) is 6.08 Å². The van der Waals surface area contributed by atoms with Gasteiger partial charge in [-0.2, -0.15) is 0 Å². The van der Waals surface area contributed by atoms with Gasteiger partial charge in [-0.3, -0.25) is 9.59 Å². The molecule has 0 heterocycles. The van der Waals surface area contributed by atoms with Crippen molar-refractivity contribution in [2.45, 2.75) is 174 Å². The molecular weight excluding hydrogens is 727 g/mol. The van der Waals surface area contributed by atoms with Gasteiger partial charge in [-0.1, -0.05) is 157 Å². The predicted molar refractivity (Wildman–Crippen MR) is 240 cm³/mol. The van der Waals surface area contributed by atoms with E-state index in [0.29, 0.717) is 12.8 Å². The molecule has 0 aromatic heterocycles. The Morgan fingerprint density at radius 1 is 0.552 bits per heavy atom. The fourth-order valence-electron chi connectivity index (χ4n) is 6.06. The molecule has 0 aromatic carbocycles. The molecule has 2 atom stereocenters. The quantitative estimate of drug-likeness (QED) is 0.0264. The zero-order valence-corrected chi connectivity index (χ0v) is 37.4. The molecule has 0 spiro atoms. The normalized spacial score (nSPS) is 13.7. The number of nitrogens with zero attached hydrogens (tertiary/aromatic N) is 1. The minimum absolute atomic E-state index is 0.00481. The lowest BCUT2D eigenvalue weighted by Crippen LogP contribution is -2.55. The number of allylic oxidation sites excluding steroid dienone is 13. The fourth-order valence-corrected chi connectivity index (χ4v) is 6.06. The van der Waals surface area contributed by atoms with E-state index in [9.17, 15) is 19.5 Å². The second-order valence-electron chi connectivity index (χ2n) is 15.9. The monoisotopic (exact) mass is 810 g/mol. The summed E-state index contributed by atoms with van der Waals surface area (Å²) in [5.74, 6) is -1.91. The second-order valence-corrected chi connectivity index (χ2v) is 15.9. The van der Waals surface area contributed by atoms with E-state index in [2.05, 4.69) is 86.8 Å². The first-order chi connectivity index (χ1) is 28.1. The third kappa shape index (κ3) is 38.1. The molecule has 0 bridgehead atoms. The van der Waals surface area contributed by atoms with Gasteiger partial charge in [0, 0.05) is 12.8 Å². The molecule has 2 unspecified atom stereocenters. The molecule has 0 aromatic rings. The van der Waals surface area contributed by atoms with Gasteiger partial charge >= 0.3 is 11.9 Å². The van der Waals surface area contributed by atoms with Crippen molar-refractivity contribution in [3.8, 4) is 0 Å². The first-order valence-electron chi connectivity index (χ1n) is 22.6.